The van der Waals surface area contributed by atoms with Crippen LogP contribution in [0.5, 0.6) is 5.75 Å². The number of ether oxygens (including phenoxy) is 1. The molecule has 2 fully saturated rings. The van der Waals surface area contributed by atoms with Gasteiger partial charge in [0.25, 0.3) is 5.91 Å². The maximum Gasteiger partial charge on any atom is 0.256 e. The summed E-state index contributed by atoms with van der Waals surface area (Å²) in [5, 5.41) is 2.89. The van der Waals surface area contributed by atoms with Crippen LogP contribution in [0, 0.1) is 5.82 Å². The van der Waals surface area contributed by atoms with E-state index in [1.54, 1.807) is 6.26 Å². The van der Waals surface area contributed by atoms with E-state index >= 15 is 0 Å². The summed E-state index contributed by atoms with van der Waals surface area (Å²) in [5.74, 6) is -3.56. The maximum atomic E-state index is 14.1. The van der Waals surface area contributed by atoms with Gasteiger partial charge in [-0.2, -0.15) is 4.31 Å². The van der Waals surface area contributed by atoms with Gasteiger partial charge in [0.05, 0.1) is 18.4 Å². The van der Waals surface area contributed by atoms with Gasteiger partial charge in [0.2, 0.25) is 15.9 Å². The fourth-order valence-electron chi connectivity index (χ4n) is 4.95. The van der Waals surface area contributed by atoms with Crippen molar-refractivity contribution < 1.29 is 31.1 Å². The van der Waals surface area contributed by atoms with E-state index in [0.29, 0.717) is 24.4 Å². The molecule has 0 unspecified atom stereocenters. The number of methoxy groups -OCH3 is 1. The van der Waals surface area contributed by atoms with Gasteiger partial charge in [0.15, 0.2) is 0 Å². The second kappa shape index (κ2) is 12.6. The lowest BCUT2D eigenvalue weighted by Gasteiger charge is -2.50. The molecule has 0 radical (unpaired) electrons. The van der Waals surface area contributed by atoms with E-state index in [1.807, 2.05) is 6.92 Å². The van der Waals surface area contributed by atoms with Gasteiger partial charge in [-0.05, 0) is 31.6 Å². The highest BCUT2D eigenvalue weighted by molar-refractivity contribution is 7.98. The van der Waals surface area contributed by atoms with Crippen molar-refractivity contribution in [3.8, 4) is 5.75 Å². The molecule has 206 valence electrons. The van der Waals surface area contributed by atoms with Crippen molar-refractivity contribution in [2.45, 2.75) is 55.4 Å². The first-order valence-corrected chi connectivity index (χ1v) is 14.6. The van der Waals surface area contributed by atoms with Crippen LogP contribution in [0.2, 0.25) is 0 Å². The van der Waals surface area contributed by atoms with Crippen molar-refractivity contribution in [1.29, 1.82) is 0 Å². The van der Waals surface area contributed by atoms with Crippen LogP contribution >= 0.6 is 24.2 Å². The fourth-order valence-corrected chi connectivity index (χ4v) is 7.07. The molecule has 7 nitrogen and oxygen atoms in total. The second-order valence-electron chi connectivity index (χ2n) is 9.15. The largest absolute Gasteiger partial charge is 0.496 e. The number of piperazine rings is 1. The van der Waals surface area contributed by atoms with Crippen LogP contribution < -0.4 is 10.1 Å². The van der Waals surface area contributed by atoms with Crippen LogP contribution in [0.1, 0.15) is 49.4 Å². The maximum absolute atomic E-state index is 14.1. The Morgan fingerprint density at radius 3 is 2.28 bits per heavy atom. The number of amides is 1. The first kappa shape index (κ1) is 31.0. The van der Waals surface area contributed by atoms with Crippen LogP contribution in [0.25, 0.3) is 0 Å². The van der Waals surface area contributed by atoms with Gasteiger partial charge >= 0.3 is 0 Å². The molecular formula is C23H35ClF3N3O4S2. The van der Waals surface area contributed by atoms with Gasteiger partial charge in [0.1, 0.15) is 11.6 Å². The number of benzene rings is 1. The lowest BCUT2D eigenvalue weighted by molar-refractivity contribution is -0.0856. The SMILES string of the molecule is CCCS(=O)(=O)N1CCN(C2(CNC(=O)c3c(OC)cc(F)cc3SC)CCC(F)(F)CC2)CC1.Cl. The number of hydrogen-bond acceptors (Lipinski definition) is 6. The lowest BCUT2D eigenvalue weighted by Crippen LogP contribution is -2.63. The first-order chi connectivity index (χ1) is 16.5. The number of sulfonamides is 1. The first-order valence-electron chi connectivity index (χ1n) is 11.8. The van der Waals surface area contributed by atoms with Crippen molar-refractivity contribution in [3.63, 3.8) is 0 Å². The molecule has 1 N–H and O–H groups in total. The summed E-state index contributed by atoms with van der Waals surface area (Å²) in [7, 11) is -1.98. The molecule has 1 aliphatic heterocycles. The van der Waals surface area contributed by atoms with Gasteiger partial charge in [0, 0.05) is 62.1 Å². The molecule has 1 saturated carbocycles. The van der Waals surface area contributed by atoms with Gasteiger partial charge in [-0.3, -0.25) is 9.69 Å². The third kappa shape index (κ3) is 7.00. The number of alkyl halides is 2. The van der Waals surface area contributed by atoms with Crippen LogP contribution in [0.3, 0.4) is 0 Å². The van der Waals surface area contributed by atoms with Crippen molar-refractivity contribution in [3.05, 3.63) is 23.5 Å². The molecule has 0 aromatic heterocycles. The highest BCUT2D eigenvalue weighted by Gasteiger charge is 2.47. The van der Waals surface area contributed by atoms with E-state index in [1.165, 1.54) is 29.2 Å². The molecule has 13 heteroatoms. The average molecular weight is 574 g/mol. The normalized spacial score (nSPS) is 20.4. The molecule has 0 bridgehead atoms. The Labute approximate surface area is 222 Å². The number of nitrogens with zero attached hydrogens (tertiary/aromatic N) is 2. The highest BCUT2D eigenvalue weighted by Crippen LogP contribution is 2.42. The van der Waals surface area contributed by atoms with Crippen molar-refractivity contribution in [1.82, 2.24) is 14.5 Å². The molecule has 1 heterocycles. The molecule has 3 rings (SSSR count). The number of hydrogen-bond donors (Lipinski definition) is 1. The zero-order valence-electron chi connectivity index (χ0n) is 20.8. The van der Waals surface area contributed by atoms with Gasteiger partial charge in [-0.15, -0.1) is 24.2 Å². The summed E-state index contributed by atoms with van der Waals surface area (Å²) >= 11 is 1.21. The minimum atomic E-state index is -3.34. The van der Waals surface area contributed by atoms with Gasteiger partial charge in [-0.1, -0.05) is 6.92 Å². The molecular weight excluding hydrogens is 539 g/mol. The Hall–Kier alpha value is -1.21. The molecule has 36 heavy (non-hydrogen) atoms. The molecule has 1 amide bonds. The number of halogens is 4. The lowest BCUT2D eigenvalue weighted by atomic mass is 9.78. The quantitative estimate of drug-likeness (QED) is 0.450. The van der Waals surface area contributed by atoms with E-state index < -0.39 is 33.2 Å². The van der Waals surface area contributed by atoms with Gasteiger partial charge in [-0.25, -0.2) is 21.6 Å². The molecule has 0 spiro atoms. The molecule has 1 saturated heterocycles. The summed E-state index contributed by atoms with van der Waals surface area (Å²) in [4.78, 5) is 15.7. The predicted octanol–water partition coefficient (Wildman–Crippen LogP) is 4.01. The second-order valence-corrected chi connectivity index (χ2v) is 12.1. The minimum absolute atomic E-state index is 0. The number of thioether (sulfide) groups is 1. The van der Waals surface area contributed by atoms with Crippen molar-refractivity contribution in [2.24, 2.45) is 0 Å². The van der Waals surface area contributed by atoms with Crippen LogP contribution in [-0.2, 0) is 10.0 Å². The number of carbonyl (C=O) groups is 1. The van der Waals surface area contributed by atoms with Crippen LogP contribution in [0.4, 0.5) is 13.2 Å². The van der Waals surface area contributed by atoms with Crippen LogP contribution in [-0.4, -0.2) is 86.8 Å². The highest BCUT2D eigenvalue weighted by atomic mass is 35.5. The van der Waals surface area contributed by atoms with E-state index in [2.05, 4.69) is 10.2 Å². The van der Waals surface area contributed by atoms with Crippen LogP contribution in [0.15, 0.2) is 17.0 Å². The summed E-state index contributed by atoms with van der Waals surface area (Å²) in [6.07, 6.45) is 2.01. The minimum Gasteiger partial charge on any atom is -0.496 e. The molecule has 1 aromatic rings. The van der Waals surface area contributed by atoms with E-state index in [4.69, 9.17) is 4.74 Å². The Kier molecular flexibility index (Phi) is 10.8. The van der Waals surface area contributed by atoms with E-state index in [9.17, 15) is 26.4 Å². The Balaban J connectivity index is 0.00000456. The third-order valence-corrected chi connectivity index (χ3v) is 9.79. The average Bonchev–Trinajstić information content (AvgIpc) is 2.83. The van der Waals surface area contributed by atoms with E-state index in [-0.39, 0.29) is 74.8 Å². The topological polar surface area (TPSA) is 79.0 Å². The Morgan fingerprint density at radius 2 is 1.75 bits per heavy atom. The summed E-state index contributed by atoms with van der Waals surface area (Å²) in [6, 6.07) is 2.40. The van der Waals surface area contributed by atoms with Crippen molar-refractivity contribution >= 4 is 40.1 Å². The Morgan fingerprint density at radius 1 is 1.14 bits per heavy atom. The fraction of sp³-hybridized carbons (Fsp3) is 0.696. The molecule has 1 aromatic carbocycles. The summed E-state index contributed by atoms with van der Waals surface area (Å²) < 4.78 is 73.7. The zero-order chi connectivity index (χ0) is 25.9. The zero-order valence-corrected chi connectivity index (χ0v) is 23.3. The monoisotopic (exact) mass is 573 g/mol. The molecule has 0 atom stereocenters. The van der Waals surface area contributed by atoms with E-state index in [0.717, 1.165) is 6.07 Å². The third-order valence-electron chi connectivity index (χ3n) is 6.95. The number of carbonyl (C=O) groups excluding carboxylic acids is 1. The molecule has 2 aliphatic rings. The predicted molar refractivity (Wildman–Crippen MR) is 138 cm³/mol. The Bertz CT molecular complexity index is 987. The number of nitrogens with one attached hydrogen (secondary N) is 1. The molecule has 1 aliphatic carbocycles. The van der Waals surface area contributed by atoms with Gasteiger partial charge < -0.3 is 10.1 Å². The van der Waals surface area contributed by atoms with Crippen molar-refractivity contribution in [2.75, 3.05) is 51.8 Å². The standard InChI is InChI=1S/C23H34F3N3O4S2.ClH/c1-4-13-35(31,32)29-11-9-28(10-12-29)22(5-7-23(25,26)8-6-22)16-27-21(30)20-18(33-2)14-17(24)15-19(20)34-3;/h14-15H,4-13,16H2,1-3H3,(H,27,30);1H. The number of rotatable bonds is 9. The summed E-state index contributed by atoms with van der Waals surface area (Å²) in [6.45, 7) is 3.32. The smallest absolute Gasteiger partial charge is 0.256 e. The summed E-state index contributed by atoms with van der Waals surface area (Å²) in [5.41, 5.74) is -0.516.